The average Bonchev–Trinajstić information content (AvgIpc) is 3.56. The molecular weight excluding hydrogens is 646 g/mol. The van der Waals surface area contributed by atoms with E-state index < -0.39 is 71.2 Å². The van der Waals surface area contributed by atoms with Crippen LogP contribution in [0.2, 0.25) is 0 Å². The first-order chi connectivity index (χ1) is 23.6. The maximum Gasteiger partial charge on any atom is 0.408 e. The molecule has 1 heterocycles. The Balaban J connectivity index is 2.09. The molecule has 0 bridgehead atoms. The maximum absolute atomic E-state index is 13.8. The van der Waals surface area contributed by atoms with Gasteiger partial charge in [0.25, 0.3) is 5.91 Å². The number of carbonyl (C=O) groups is 7. The second-order valence-corrected chi connectivity index (χ2v) is 13.5. The third-order valence-corrected chi connectivity index (χ3v) is 7.79. The number of esters is 1. The molecule has 1 fully saturated rings. The van der Waals surface area contributed by atoms with Crippen LogP contribution < -0.4 is 21.3 Å². The average molecular weight is 700 g/mol. The first-order valence-electron chi connectivity index (χ1n) is 17.1. The van der Waals surface area contributed by atoms with E-state index in [4.69, 9.17) is 9.47 Å². The molecule has 276 valence electrons. The van der Waals surface area contributed by atoms with Crippen molar-refractivity contribution in [2.24, 2.45) is 5.92 Å². The maximum atomic E-state index is 13.8. The van der Waals surface area contributed by atoms with Crippen molar-refractivity contribution in [2.45, 2.75) is 116 Å². The number of nitrogens with one attached hydrogen (secondary N) is 4. The number of ether oxygens (including phenoxy) is 2. The Morgan fingerprint density at radius 3 is 2.26 bits per heavy atom. The van der Waals surface area contributed by atoms with Gasteiger partial charge in [-0.2, -0.15) is 0 Å². The molecule has 0 saturated carbocycles. The van der Waals surface area contributed by atoms with Crippen LogP contribution in [0.5, 0.6) is 0 Å². The van der Waals surface area contributed by atoms with E-state index in [0.717, 1.165) is 5.56 Å². The third-order valence-electron chi connectivity index (χ3n) is 7.79. The Hall–Kier alpha value is -4.75. The molecule has 4 unspecified atom stereocenters. The Bertz CT molecular complexity index is 1360. The van der Waals surface area contributed by atoms with Gasteiger partial charge in [-0.05, 0) is 57.9 Å². The molecule has 1 aliphatic rings. The lowest BCUT2D eigenvalue weighted by Gasteiger charge is -2.31. The Morgan fingerprint density at radius 2 is 1.66 bits per heavy atom. The fraction of sp³-hybridized carbons (Fsp3) is 0.583. The van der Waals surface area contributed by atoms with Crippen molar-refractivity contribution >= 4 is 41.5 Å². The first kappa shape index (κ1) is 41.4. The van der Waals surface area contributed by atoms with Gasteiger partial charge in [-0.3, -0.25) is 24.0 Å². The van der Waals surface area contributed by atoms with Gasteiger partial charge >= 0.3 is 12.1 Å². The van der Waals surface area contributed by atoms with E-state index in [-0.39, 0.29) is 44.9 Å². The fourth-order valence-electron chi connectivity index (χ4n) is 5.28. The minimum absolute atomic E-state index is 0.0253. The topological polar surface area (TPSA) is 189 Å². The highest BCUT2D eigenvalue weighted by atomic mass is 16.6. The van der Waals surface area contributed by atoms with Crippen molar-refractivity contribution in [3.63, 3.8) is 0 Å². The lowest BCUT2D eigenvalue weighted by atomic mass is 10.0. The quantitative estimate of drug-likeness (QED) is 0.101. The normalized spacial score (nSPS) is 16.0. The van der Waals surface area contributed by atoms with Crippen LogP contribution in [0.3, 0.4) is 0 Å². The van der Waals surface area contributed by atoms with Gasteiger partial charge in [0.1, 0.15) is 30.3 Å². The van der Waals surface area contributed by atoms with Gasteiger partial charge in [-0.1, -0.05) is 63.6 Å². The molecule has 5 amide bonds. The summed E-state index contributed by atoms with van der Waals surface area (Å²) in [6.45, 7) is 14.2. The molecule has 0 spiro atoms. The summed E-state index contributed by atoms with van der Waals surface area (Å²) >= 11 is 0. The van der Waals surface area contributed by atoms with E-state index in [2.05, 4.69) is 27.8 Å². The van der Waals surface area contributed by atoms with E-state index in [9.17, 15) is 33.6 Å². The smallest absolute Gasteiger partial charge is 0.408 e. The molecule has 0 aromatic heterocycles. The van der Waals surface area contributed by atoms with Gasteiger partial charge in [-0.15, -0.1) is 6.58 Å². The standard InChI is InChI=1S/C36H53N5O9/c1-8-14-25(30(43)32(45)37-20-9-2)38-31(44)27-17-13-21-41(27)33(46)29(23(3)4)40-28(42)19-18-26(34(47)50-36(5,6)7)39-35(48)49-22-24-15-11-10-12-16-24/h9-12,15-16,23,25-27,29H,2,8,13-14,17-22H2,1,3-7H3,(H,37,45)(H,38,44)(H,39,48)(H,40,42). The summed E-state index contributed by atoms with van der Waals surface area (Å²) in [6.07, 6.45) is 1.83. The second kappa shape index (κ2) is 20.1. The van der Waals surface area contributed by atoms with E-state index in [0.29, 0.717) is 19.3 Å². The molecule has 14 heteroatoms. The molecule has 1 aromatic rings. The number of hydrogen-bond donors (Lipinski definition) is 4. The van der Waals surface area contributed by atoms with E-state index in [1.807, 2.05) is 13.0 Å². The third kappa shape index (κ3) is 13.6. The van der Waals surface area contributed by atoms with Crippen molar-refractivity contribution in [1.29, 1.82) is 0 Å². The summed E-state index contributed by atoms with van der Waals surface area (Å²) in [5.41, 5.74) is -0.109. The monoisotopic (exact) mass is 699 g/mol. The number of carbonyl (C=O) groups excluding carboxylic acids is 7. The number of ketones is 1. The summed E-state index contributed by atoms with van der Waals surface area (Å²) in [6, 6.07) is 4.82. The van der Waals surface area contributed by atoms with E-state index in [1.165, 1.54) is 11.0 Å². The number of Topliss-reactive ketones (excluding diaryl/α,β-unsaturated/α-hetero) is 1. The van der Waals surface area contributed by atoms with Gasteiger partial charge in [0.05, 0.1) is 6.04 Å². The van der Waals surface area contributed by atoms with E-state index in [1.54, 1.807) is 58.9 Å². The lowest BCUT2D eigenvalue weighted by molar-refractivity contribution is -0.157. The number of alkyl carbamates (subject to hydrolysis) is 1. The zero-order chi connectivity index (χ0) is 37.4. The Kier molecular flexibility index (Phi) is 16.6. The van der Waals surface area contributed by atoms with Crippen molar-refractivity contribution in [3.8, 4) is 0 Å². The van der Waals surface area contributed by atoms with Crippen molar-refractivity contribution in [1.82, 2.24) is 26.2 Å². The predicted molar refractivity (Wildman–Crippen MR) is 185 cm³/mol. The number of benzene rings is 1. The van der Waals surface area contributed by atoms with Crippen molar-refractivity contribution in [3.05, 3.63) is 48.6 Å². The van der Waals surface area contributed by atoms with Crippen LogP contribution in [-0.2, 0) is 44.8 Å². The minimum Gasteiger partial charge on any atom is -0.458 e. The molecule has 0 aliphatic carbocycles. The van der Waals surface area contributed by atoms with Gasteiger partial charge < -0.3 is 35.6 Å². The highest BCUT2D eigenvalue weighted by Gasteiger charge is 2.40. The molecule has 1 aromatic carbocycles. The van der Waals surface area contributed by atoms with Crippen LogP contribution in [0.4, 0.5) is 4.79 Å². The lowest BCUT2D eigenvalue weighted by Crippen LogP contribution is -2.57. The SMILES string of the molecule is C=CCNC(=O)C(=O)C(CCC)NC(=O)C1CCCN1C(=O)C(NC(=O)CCC(NC(=O)OCc1ccccc1)C(=O)OC(C)(C)C)C(C)C. The van der Waals surface area contributed by atoms with Crippen LogP contribution in [0.25, 0.3) is 0 Å². The largest absolute Gasteiger partial charge is 0.458 e. The molecule has 4 N–H and O–H groups in total. The van der Waals surface area contributed by atoms with Gasteiger partial charge in [-0.25, -0.2) is 9.59 Å². The van der Waals surface area contributed by atoms with E-state index >= 15 is 0 Å². The molecule has 14 nitrogen and oxygen atoms in total. The van der Waals surface area contributed by atoms with Crippen LogP contribution in [0, 0.1) is 5.92 Å². The zero-order valence-corrected chi connectivity index (χ0v) is 30.0. The van der Waals surface area contributed by atoms with Crippen molar-refractivity contribution < 1.29 is 43.0 Å². The highest BCUT2D eigenvalue weighted by Crippen LogP contribution is 2.21. The second-order valence-electron chi connectivity index (χ2n) is 13.5. The summed E-state index contributed by atoms with van der Waals surface area (Å²) in [5.74, 6) is -4.32. The summed E-state index contributed by atoms with van der Waals surface area (Å²) in [5, 5.41) is 10.3. The number of rotatable bonds is 18. The predicted octanol–water partition coefficient (Wildman–Crippen LogP) is 2.69. The van der Waals surface area contributed by atoms with Crippen LogP contribution in [-0.4, -0.2) is 89.2 Å². The Morgan fingerprint density at radius 1 is 0.980 bits per heavy atom. The van der Waals surface area contributed by atoms with Gasteiger partial charge in [0, 0.05) is 19.5 Å². The molecule has 2 rings (SSSR count). The van der Waals surface area contributed by atoms with Crippen LogP contribution in [0.1, 0.15) is 85.6 Å². The summed E-state index contributed by atoms with van der Waals surface area (Å²) in [4.78, 5) is 92.3. The first-order valence-corrected chi connectivity index (χ1v) is 17.1. The van der Waals surface area contributed by atoms with Crippen LogP contribution >= 0.6 is 0 Å². The van der Waals surface area contributed by atoms with Crippen LogP contribution in [0.15, 0.2) is 43.0 Å². The molecular formula is C36H53N5O9. The number of nitrogens with zero attached hydrogens (tertiary/aromatic N) is 1. The fourth-order valence-corrected chi connectivity index (χ4v) is 5.28. The molecule has 50 heavy (non-hydrogen) atoms. The number of likely N-dealkylation sites (tertiary alicyclic amines) is 1. The molecule has 0 radical (unpaired) electrons. The highest BCUT2D eigenvalue weighted by molar-refractivity contribution is 6.38. The molecule has 1 aliphatic heterocycles. The summed E-state index contributed by atoms with van der Waals surface area (Å²) < 4.78 is 10.7. The number of hydrogen-bond acceptors (Lipinski definition) is 9. The minimum atomic E-state index is -1.21. The van der Waals surface area contributed by atoms with Gasteiger partial charge in [0.15, 0.2) is 0 Å². The zero-order valence-electron chi connectivity index (χ0n) is 30.0. The van der Waals surface area contributed by atoms with Crippen molar-refractivity contribution in [2.75, 3.05) is 13.1 Å². The molecule has 4 atom stereocenters. The summed E-state index contributed by atoms with van der Waals surface area (Å²) in [7, 11) is 0. The Labute approximate surface area is 294 Å². The number of amides is 5. The van der Waals surface area contributed by atoms with Gasteiger partial charge in [0.2, 0.25) is 23.5 Å². The molecule has 1 saturated heterocycles.